The molecule has 11 heteroatoms. The van der Waals surface area contributed by atoms with Crippen LogP contribution in [0.4, 0.5) is 11.4 Å². The van der Waals surface area contributed by atoms with Crippen molar-refractivity contribution in [3.63, 3.8) is 0 Å². The van der Waals surface area contributed by atoms with E-state index in [1.54, 1.807) is 6.20 Å². The number of aromatic nitrogens is 1. The predicted molar refractivity (Wildman–Crippen MR) is 154 cm³/mol. The third-order valence-corrected chi connectivity index (χ3v) is 5.98. The normalized spacial score (nSPS) is 16.2. The molecule has 1 aromatic heterocycles. The lowest BCUT2D eigenvalue weighted by atomic mass is 10.0. The minimum absolute atomic E-state index is 0.140. The number of benzodiazepines with no additional fused rings is 1. The summed E-state index contributed by atoms with van der Waals surface area (Å²) in [5.74, 6) is 4.59. The van der Waals surface area contributed by atoms with E-state index in [2.05, 4.69) is 41.0 Å². The summed E-state index contributed by atoms with van der Waals surface area (Å²) in [4.78, 5) is 26.9. The predicted octanol–water partition coefficient (Wildman–Crippen LogP) is 3.68. The first kappa shape index (κ1) is 28.9. The Morgan fingerprint density at radius 1 is 1.13 bits per heavy atom. The number of fused-ring (bicyclic) bond motifs is 1. The molecule has 3 heterocycles. The number of nitrogens with one attached hydrogen (secondary N) is 2. The van der Waals surface area contributed by atoms with E-state index in [4.69, 9.17) is 21.8 Å². The summed E-state index contributed by atoms with van der Waals surface area (Å²) < 4.78 is 6.15. The molecule has 0 spiro atoms. The number of halogens is 1. The molecule has 1 saturated heterocycles. The fourth-order valence-electron chi connectivity index (χ4n) is 3.80. The van der Waals surface area contributed by atoms with Gasteiger partial charge in [-0.25, -0.2) is 4.98 Å². The molecule has 0 radical (unpaired) electrons. The molecule has 1 fully saturated rings. The van der Waals surface area contributed by atoms with Crippen LogP contribution in [0.25, 0.3) is 0 Å². The number of benzene rings is 2. The van der Waals surface area contributed by atoms with Crippen LogP contribution in [-0.2, 0) is 14.4 Å². The number of pyridine rings is 1. The summed E-state index contributed by atoms with van der Waals surface area (Å²) in [6.07, 6.45) is 0.731. The molecule has 0 bridgehead atoms. The highest BCUT2D eigenvalue weighted by Crippen LogP contribution is 2.25. The van der Waals surface area contributed by atoms with Gasteiger partial charge in [-0.1, -0.05) is 62.4 Å². The zero-order valence-electron chi connectivity index (χ0n) is 21.4. The first-order valence-electron chi connectivity index (χ1n) is 12.2. The van der Waals surface area contributed by atoms with Crippen molar-refractivity contribution in [3.05, 3.63) is 88.2 Å². The van der Waals surface area contributed by atoms with E-state index in [9.17, 15) is 4.79 Å². The molecule has 200 valence electrons. The average Bonchev–Trinajstić information content (AvgIpc) is 3.10. The number of anilines is 2. The Balaban J connectivity index is 0.000000199. The van der Waals surface area contributed by atoms with Crippen LogP contribution in [0.2, 0.25) is 0 Å². The van der Waals surface area contributed by atoms with E-state index < -0.39 is 6.17 Å². The second-order valence-corrected chi connectivity index (χ2v) is 8.81. The van der Waals surface area contributed by atoms with Crippen molar-refractivity contribution in [1.29, 1.82) is 5.41 Å². The maximum atomic E-state index is 11.8. The van der Waals surface area contributed by atoms with E-state index in [1.165, 1.54) is 0 Å². The molecule has 1 unspecified atom stereocenters. The Hall–Kier alpha value is -3.64. The third kappa shape index (κ3) is 7.23. The van der Waals surface area contributed by atoms with Gasteiger partial charge < -0.3 is 25.5 Å². The number of nitrogens with zero attached hydrogens (tertiary/aromatic N) is 3. The highest BCUT2D eigenvalue weighted by Gasteiger charge is 2.22. The lowest BCUT2D eigenvalue weighted by Gasteiger charge is -2.29. The number of ether oxygens (including phenoxy) is 1. The van der Waals surface area contributed by atoms with Gasteiger partial charge in [-0.3, -0.25) is 15.2 Å². The number of carbonyl (C=O) groups excluding carboxylic acids is 1. The maximum absolute atomic E-state index is 11.8. The molecule has 0 saturated carbocycles. The Bertz CT molecular complexity index is 1260. The first-order valence-corrected chi connectivity index (χ1v) is 13.0. The van der Waals surface area contributed by atoms with Crippen molar-refractivity contribution in [3.8, 4) is 0 Å². The lowest BCUT2D eigenvalue weighted by molar-refractivity contribution is -0.117. The van der Waals surface area contributed by atoms with Gasteiger partial charge in [0.15, 0.2) is 6.17 Å². The Labute approximate surface area is 230 Å². The molecule has 6 N–H and O–H groups in total. The number of carbonyl (C=O) groups is 1. The van der Waals surface area contributed by atoms with Crippen LogP contribution in [-0.4, -0.2) is 55.0 Å². The first-order chi connectivity index (χ1) is 18.5. The maximum Gasteiger partial charge on any atom is 0.263 e. The standard InChI is InChI=1S/C15H13N3O.C10H13BrN4O2.C2H6/c16-14-15(19)17-12-9-5-4-8-11(12)13(18-14)10-6-2-1-3-7-10;11-7-5-8(15-1-3-16-4-2-15)9(14-6-7)10(12)17-13;1-2/h1-9,14H,16H2,(H,17,19);5-6,12H,1-4,13H2;1-2H3. The van der Waals surface area contributed by atoms with Gasteiger partial charge in [0.1, 0.15) is 5.69 Å². The quantitative estimate of drug-likeness (QED) is 0.209. The van der Waals surface area contributed by atoms with Crippen molar-refractivity contribution >= 4 is 44.8 Å². The van der Waals surface area contributed by atoms with Crippen molar-refractivity contribution in [2.75, 3.05) is 36.5 Å². The summed E-state index contributed by atoms with van der Waals surface area (Å²) in [6, 6.07) is 19.2. The van der Waals surface area contributed by atoms with Crippen molar-refractivity contribution < 1.29 is 14.4 Å². The minimum Gasteiger partial charge on any atom is -0.389 e. The zero-order valence-corrected chi connectivity index (χ0v) is 22.9. The number of hydrogen-bond acceptors (Lipinski definition) is 9. The highest BCUT2D eigenvalue weighted by molar-refractivity contribution is 9.10. The van der Waals surface area contributed by atoms with Crippen LogP contribution in [0, 0.1) is 5.41 Å². The summed E-state index contributed by atoms with van der Waals surface area (Å²) in [5.41, 5.74) is 10.4. The highest BCUT2D eigenvalue weighted by atomic mass is 79.9. The number of morpholine rings is 1. The van der Waals surface area contributed by atoms with Crippen molar-refractivity contribution in [1.82, 2.24) is 4.98 Å². The largest absolute Gasteiger partial charge is 0.389 e. The molecule has 0 aliphatic carbocycles. The number of aliphatic imine (C=N–C) groups is 1. The molecule has 10 nitrogen and oxygen atoms in total. The molecule has 3 aromatic rings. The molecule has 5 rings (SSSR count). The van der Waals surface area contributed by atoms with Crippen LogP contribution in [0.3, 0.4) is 0 Å². The second kappa shape index (κ2) is 14.3. The van der Waals surface area contributed by atoms with Crippen LogP contribution in [0.15, 0.2) is 76.3 Å². The second-order valence-electron chi connectivity index (χ2n) is 7.89. The fraction of sp³-hybridized carbons (Fsp3) is 0.259. The zero-order chi connectivity index (χ0) is 27.5. The van der Waals surface area contributed by atoms with Crippen LogP contribution in [0.5, 0.6) is 0 Å². The Morgan fingerprint density at radius 2 is 1.79 bits per heavy atom. The Kier molecular flexibility index (Phi) is 10.9. The molecule has 2 aromatic carbocycles. The van der Waals surface area contributed by atoms with Gasteiger partial charge in [-0.05, 0) is 28.1 Å². The number of para-hydroxylation sites is 1. The molecule has 2 aliphatic heterocycles. The van der Waals surface area contributed by atoms with Gasteiger partial charge in [0.05, 0.1) is 30.3 Å². The van der Waals surface area contributed by atoms with Gasteiger partial charge in [0.2, 0.25) is 0 Å². The molecular formula is C27H32BrN7O3. The van der Waals surface area contributed by atoms with Crippen LogP contribution in [0.1, 0.15) is 30.7 Å². The smallest absolute Gasteiger partial charge is 0.263 e. The SMILES string of the molecule is CC.N=C(ON)c1ncc(Br)cc1N1CCOCC1.NC1N=C(c2ccccc2)c2ccccc2NC1=O. The van der Waals surface area contributed by atoms with Crippen LogP contribution < -0.4 is 21.8 Å². The van der Waals surface area contributed by atoms with E-state index in [0.717, 1.165) is 45.8 Å². The topological polar surface area (TPSA) is 152 Å². The lowest BCUT2D eigenvalue weighted by Crippen LogP contribution is -2.37. The molecule has 38 heavy (non-hydrogen) atoms. The number of hydrogen-bond donors (Lipinski definition) is 4. The van der Waals surface area contributed by atoms with Crippen molar-refractivity contribution in [2.24, 2.45) is 16.6 Å². The van der Waals surface area contributed by atoms with Crippen LogP contribution >= 0.6 is 15.9 Å². The van der Waals surface area contributed by atoms with Gasteiger partial charge in [0.25, 0.3) is 11.8 Å². The summed E-state index contributed by atoms with van der Waals surface area (Å²) in [5, 5.41) is 10.4. The summed E-state index contributed by atoms with van der Waals surface area (Å²) >= 11 is 3.37. The number of amides is 1. The van der Waals surface area contributed by atoms with Gasteiger partial charge in [-0.2, -0.15) is 5.90 Å². The number of nitrogens with two attached hydrogens (primary N) is 2. The van der Waals surface area contributed by atoms with E-state index in [0.29, 0.717) is 18.9 Å². The van der Waals surface area contributed by atoms with E-state index in [-0.39, 0.29) is 11.8 Å². The molecular weight excluding hydrogens is 550 g/mol. The fourth-order valence-corrected chi connectivity index (χ4v) is 4.12. The molecule has 1 amide bonds. The van der Waals surface area contributed by atoms with Crippen molar-refractivity contribution in [2.45, 2.75) is 20.0 Å². The molecule has 1 atom stereocenters. The third-order valence-electron chi connectivity index (χ3n) is 5.54. The minimum atomic E-state index is -0.886. The number of rotatable bonds is 3. The summed E-state index contributed by atoms with van der Waals surface area (Å²) in [6.45, 7) is 6.87. The molecule has 2 aliphatic rings. The van der Waals surface area contributed by atoms with Gasteiger partial charge in [-0.15, -0.1) is 0 Å². The Morgan fingerprint density at radius 3 is 2.47 bits per heavy atom. The van der Waals surface area contributed by atoms with Gasteiger partial charge in [0, 0.05) is 34.9 Å². The summed E-state index contributed by atoms with van der Waals surface area (Å²) in [7, 11) is 0. The average molecular weight is 583 g/mol. The van der Waals surface area contributed by atoms with Gasteiger partial charge >= 0.3 is 0 Å². The van der Waals surface area contributed by atoms with E-state index >= 15 is 0 Å². The van der Waals surface area contributed by atoms with E-state index in [1.807, 2.05) is 74.5 Å². The monoisotopic (exact) mass is 581 g/mol.